The first kappa shape index (κ1) is 15.3. The van der Waals surface area contributed by atoms with Gasteiger partial charge in [-0.15, -0.1) is 0 Å². The van der Waals surface area contributed by atoms with Gasteiger partial charge in [0, 0.05) is 0 Å². The van der Waals surface area contributed by atoms with Crippen molar-refractivity contribution in [3.05, 3.63) is 23.8 Å². The van der Waals surface area contributed by atoms with Crippen LogP contribution in [0.15, 0.2) is 18.2 Å². The summed E-state index contributed by atoms with van der Waals surface area (Å²) in [4.78, 5) is 6.87. The summed E-state index contributed by atoms with van der Waals surface area (Å²) >= 11 is 0. The summed E-state index contributed by atoms with van der Waals surface area (Å²) in [6, 6.07) is 6.46. The Morgan fingerprint density at radius 3 is 2.64 bits per heavy atom. The van der Waals surface area contributed by atoms with Crippen molar-refractivity contribution in [2.45, 2.75) is 44.8 Å². The van der Waals surface area contributed by atoms with Crippen LogP contribution in [-0.2, 0) is 6.54 Å². The number of fused-ring (bicyclic) bond motifs is 1. The fourth-order valence-corrected chi connectivity index (χ4v) is 3.31. The molecule has 22 heavy (non-hydrogen) atoms. The average Bonchev–Trinajstić information content (AvgIpc) is 2.73. The molecule has 3 N–H and O–H groups in total. The number of rotatable bonds is 3. The molecular weight excluding hydrogens is 276 g/mol. The van der Waals surface area contributed by atoms with Crippen LogP contribution >= 0.6 is 0 Å². The second kappa shape index (κ2) is 5.56. The Bertz CT molecular complexity index is 663. The quantitative estimate of drug-likeness (QED) is 0.912. The summed E-state index contributed by atoms with van der Waals surface area (Å²) in [5.41, 5.74) is 8.51. The van der Waals surface area contributed by atoms with E-state index in [-0.39, 0.29) is 0 Å². The first-order chi connectivity index (χ1) is 10.3. The third kappa shape index (κ3) is 3.10. The zero-order valence-electron chi connectivity index (χ0n) is 13.7. The van der Waals surface area contributed by atoms with E-state index in [4.69, 9.17) is 5.73 Å². The zero-order valence-corrected chi connectivity index (χ0v) is 13.7. The Balaban J connectivity index is 1.91. The van der Waals surface area contributed by atoms with Crippen molar-refractivity contribution in [2.75, 3.05) is 25.9 Å². The highest BCUT2D eigenvalue weighted by Gasteiger charge is 2.21. The number of nitrogens with zero attached hydrogens (tertiary/aromatic N) is 3. The second-order valence-corrected chi connectivity index (χ2v) is 7.19. The van der Waals surface area contributed by atoms with Crippen LogP contribution in [-0.4, -0.2) is 45.3 Å². The highest BCUT2D eigenvalue weighted by Crippen LogP contribution is 2.30. The number of likely N-dealkylation sites (tertiary alicyclic amines) is 1. The molecule has 0 saturated carbocycles. The van der Waals surface area contributed by atoms with Crippen LogP contribution in [0.25, 0.3) is 11.0 Å². The van der Waals surface area contributed by atoms with Crippen molar-refractivity contribution in [3.63, 3.8) is 0 Å². The van der Waals surface area contributed by atoms with Crippen LogP contribution in [0.4, 0.5) is 5.95 Å². The number of hydrogen-bond donors (Lipinski definition) is 2. The normalized spacial score (nSPS) is 18.2. The van der Waals surface area contributed by atoms with E-state index in [2.05, 4.69) is 35.1 Å². The van der Waals surface area contributed by atoms with Gasteiger partial charge in [-0.2, -0.15) is 0 Å². The van der Waals surface area contributed by atoms with E-state index in [1.165, 1.54) is 18.4 Å². The first-order valence-electron chi connectivity index (χ1n) is 8.00. The number of nitrogen functional groups attached to an aromatic ring is 1. The maximum absolute atomic E-state index is 10.0. The summed E-state index contributed by atoms with van der Waals surface area (Å²) in [6.45, 7) is 6.31. The summed E-state index contributed by atoms with van der Waals surface area (Å²) < 4.78 is 1.90. The Morgan fingerprint density at radius 2 is 2.00 bits per heavy atom. The van der Waals surface area contributed by atoms with E-state index in [0.29, 0.717) is 18.4 Å². The predicted octanol–water partition coefficient (Wildman–Crippen LogP) is 2.20. The van der Waals surface area contributed by atoms with Crippen molar-refractivity contribution in [2.24, 2.45) is 0 Å². The van der Waals surface area contributed by atoms with Crippen LogP contribution in [0.1, 0.15) is 38.2 Å². The topological polar surface area (TPSA) is 67.3 Å². The average molecular weight is 302 g/mol. The predicted molar refractivity (Wildman–Crippen MR) is 89.9 cm³/mol. The van der Waals surface area contributed by atoms with Gasteiger partial charge in [0.25, 0.3) is 0 Å². The lowest BCUT2D eigenvalue weighted by Gasteiger charge is -2.29. The molecule has 120 valence electrons. The number of aromatic nitrogens is 2. The van der Waals surface area contributed by atoms with Crippen LogP contribution in [0.2, 0.25) is 0 Å². The fraction of sp³-hybridized carbons (Fsp3) is 0.588. The summed E-state index contributed by atoms with van der Waals surface area (Å²) in [6.07, 6.45) is 2.39. The fourth-order valence-electron chi connectivity index (χ4n) is 3.31. The Morgan fingerprint density at radius 1 is 1.32 bits per heavy atom. The van der Waals surface area contributed by atoms with Crippen LogP contribution in [0.3, 0.4) is 0 Å². The summed E-state index contributed by atoms with van der Waals surface area (Å²) in [5.74, 6) is 1.08. The Labute approximate surface area is 131 Å². The molecule has 1 aliphatic rings. The number of hydrogen-bond acceptors (Lipinski definition) is 4. The molecule has 3 rings (SSSR count). The van der Waals surface area contributed by atoms with Crippen molar-refractivity contribution >= 4 is 17.0 Å². The molecule has 0 radical (unpaired) electrons. The largest absolute Gasteiger partial charge is 0.389 e. The van der Waals surface area contributed by atoms with E-state index >= 15 is 0 Å². The van der Waals surface area contributed by atoms with Gasteiger partial charge in [0.1, 0.15) is 0 Å². The van der Waals surface area contributed by atoms with Crippen molar-refractivity contribution < 1.29 is 5.11 Å². The minimum absolute atomic E-state index is 0.447. The van der Waals surface area contributed by atoms with Gasteiger partial charge in [-0.1, -0.05) is 6.07 Å². The molecule has 0 unspecified atom stereocenters. The Kier molecular flexibility index (Phi) is 3.87. The molecule has 0 amide bonds. The molecule has 5 nitrogen and oxygen atoms in total. The van der Waals surface area contributed by atoms with E-state index in [0.717, 1.165) is 24.1 Å². The molecule has 1 aliphatic heterocycles. The molecule has 0 bridgehead atoms. The minimum atomic E-state index is -0.811. The maximum atomic E-state index is 10.0. The van der Waals surface area contributed by atoms with E-state index in [9.17, 15) is 5.11 Å². The highest BCUT2D eigenvalue weighted by molar-refractivity contribution is 5.79. The summed E-state index contributed by atoms with van der Waals surface area (Å²) in [7, 11) is 2.18. The van der Waals surface area contributed by atoms with Gasteiger partial charge in [0.2, 0.25) is 5.95 Å². The number of anilines is 1. The number of imidazole rings is 1. The number of benzene rings is 1. The standard InChI is InChI=1S/C17H26N4O/c1-17(2,22)11-21-15-5-4-13(10-14(15)19-16(21)18)12-6-8-20(3)9-7-12/h4-5,10,12,22H,6-9,11H2,1-3H3,(H2,18,19). The third-order valence-corrected chi connectivity index (χ3v) is 4.54. The Hall–Kier alpha value is -1.59. The van der Waals surface area contributed by atoms with E-state index < -0.39 is 5.60 Å². The van der Waals surface area contributed by atoms with Gasteiger partial charge in [-0.3, -0.25) is 0 Å². The van der Waals surface area contributed by atoms with Crippen LogP contribution in [0.5, 0.6) is 0 Å². The summed E-state index contributed by atoms with van der Waals surface area (Å²) in [5, 5.41) is 10.0. The van der Waals surface area contributed by atoms with Crippen LogP contribution < -0.4 is 5.73 Å². The van der Waals surface area contributed by atoms with Gasteiger partial charge in [-0.25, -0.2) is 4.98 Å². The van der Waals surface area contributed by atoms with E-state index in [1.54, 1.807) is 13.8 Å². The molecule has 1 fully saturated rings. The number of piperidine rings is 1. The smallest absolute Gasteiger partial charge is 0.201 e. The lowest BCUT2D eigenvalue weighted by molar-refractivity contribution is 0.0633. The maximum Gasteiger partial charge on any atom is 0.201 e. The molecule has 1 saturated heterocycles. The number of nitrogens with two attached hydrogens (primary N) is 1. The SMILES string of the molecule is CN1CCC(c2ccc3c(c2)nc(N)n3CC(C)(C)O)CC1. The van der Waals surface area contributed by atoms with Crippen molar-refractivity contribution in [3.8, 4) is 0 Å². The second-order valence-electron chi connectivity index (χ2n) is 7.19. The van der Waals surface area contributed by atoms with Gasteiger partial charge >= 0.3 is 0 Å². The highest BCUT2D eigenvalue weighted by atomic mass is 16.3. The van der Waals surface area contributed by atoms with Crippen LogP contribution in [0, 0.1) is 0 Å². The molecule has 1 aromatic carbocycles. The van der Waals surface area contributed by atoms with Gasteiger partial charge in [-0.05, 0) is 70.4 Å². The van der Waals surface area contributed by atoms with Crippen molar-refractivity contribution in [1.82, 2.24) is 14.5 Å². The van der Waals surface area contributed by atoms with Crippen molar-refractivity contribution in [1.29, 1.82) is 0 Å². The van der Waals surface area contributed by atoms with E-state index in [1.807, 2.05) is 4.57 Å². The molecule has 0 aliphatic carbocycles. The molecule has 2 heterocycles. The zero-order chi connectivity index (χ0) is 15.9. The molecule has 1 aromatic heterocycles. The number of aliphatic hydroxyl groups is 1. The molecule has 5 heteroatoms. The third-order valence-electron chi connectivity index (χ3n) is 4.54. The van der Waals surface area contributed by atoms with Gasteiger partial charge in [0.05, 0.1) is 23.2 Å². The molecule has 2 aromatic rings. The van der Waals surface area contributed by atoms with Gasteiger partial charge in [0.15, 0.2) is 0 Å². The lowest BCUT2D eigenvalue weighted by atomic mass is 9.89. The monoisotopic (exact) mass is 302 g/mol. The first-order valence-corrected chi connectivity index (χ1v) is 8.00. The lowest BCUT2D eigenvalue weighted by Crippen LogP contribution is -2.29. The van der Waals surface area contributed by atoms with Gasteiger partial charge < -0.3 is 20.3 Å². The molecular formula is C17H26N4O. The molecule has 0 atom stereocenters. The molecule has 0 spiro atoms. The minimum Gasteiger partial charge on any atom is -0.389 e.